The van der Waals surface area contributed by atoms with Crippen molar-refractivity contribution in [3.63, 3.8) is 0 Å². The third kappa shape index (κ3) is 4.36. The lowest BCUT2D eigenvalue weighted by molar-refractivity contribution is 0.159. The normalized spacial score (nSPS) is 13.1. The van der Waals surface area contributed by atoms with Gasteiger partial charge in [-0.25, -0.2) is 0 Å². The zero-order valence-corrected chi connectivity index (χ0v) is 12.0. The summed E-state index contributed by atoms with van der Waals surface area (Å²) in [6.45, 7) is 4.46. The van der Waals surface area contributed by atoms with Crippen LogP contribution in [0, 0.1) is 5.92 Å². The minimum atomic E-state index is -0.208. The van der Waals surface area contributed by atoms with Crippen LogP contribution in [0.15, 0.2) is 42.5 Å². The Labute approximate surface area is 116 Å². The molecule has 19 heavy (non-hydrogen) atoms. The fraction of sp³-hybridized carbons (Fsp3) is 0.444. The van der Waals surface area contributed by atoms with Crippen molar-refractivity contribution in [2.75, 3.05) is 0 Å². The molecule has 0 fully saturated rings. The fourth-order valence-corrected chi connectivity index (χ4v) is 2.50. The van der Waals surface area contributed by atoms with E-state index < -0.39 is 0 Å². The molecule has 0 aromatic heterocycles. The number of rotatable bonds is 6. The van der Waals surface area contributed by atoms with Crippen LogP contribution in [0.1, 0.15) is 38.7 Å². The van der Waals surface area contributed by atoms with E-state index in [1.165, 1.54) is 22.8 Å². The zero-order chi connectivity index (χ0) is 13.7. The summed E-state index contributed by atoms with van der Waals surface area (Å²) in [5, 5.41) is 12.6. The topological polar surface area (TPSA) is 20.2 Å². The summed E-state index contributed by atoms with van der Waals surface area (Å²) in [5.74, 6) is 0.730. The minimum absolute atomic E-state index is 0.208. The van der Waals surface area contributed by atoms with Crippen LogP contribution < -0.4 is 0 Å². The first kappa shape index (κ1) is 14.1. The zero-order valence-electron chi connectivity index (χ0n) is 12.0. The molecule has 0 aliphatic rings. The van der Waals surface area contributed by atoms with Crippen LogP contribution in [-0.2, 0) is 6.42 Å². The van der Waals surface area contributed by atoms with Crippen LogP contribution in [0.5, 0.6) is 0 Å². The van der Waals surface area contributed by atoms with E-state index in [2.05, 4.69) is 56.3 Å². The Balaban J connectivity index is 1.93. The van der Waals surface area contributed by atoms with Crippen LogP contribution in [0.4, 0.5) is 0 Å². The lowest BCUT2D eigenvalue weighted by Gasteiger charge is -2.12. The molecule has 2 aromatic carbocycles. The van der Waals surface area contributed by atoms with Gasteiger partial charge in [0.05, 0.1) is 6.10 Å². The highest BCUT2D eigenvalue weighted by atomic mass is 16.3. The fourth-order valence-electron chi connectivity index (χ4n) is 2.50. The molecule has 0 bridgehead atoms. The van der Waals surface area contributed by atoms with Gasteiger partial charge in [0.2, 0.25) is 0 Å². The van der Waals surface area contributed by atoms with Crippen LogP contribution in [0.3, 0.4) is 0 Å². The maximum absolute atomic E-state index is 10.1. The molecular formula is C18H24O. The molecule has 0 saturated carbocycles. The van der Waals surface area contributed by atoms with Crippen molar-refractivity contribution >= 4 is 10.8 Å². The molecular weight excluding hydrogens is 232 g/mol. The molecule has 0 saturated heterocycles. The second kappa shape index (κ2) is 6.72. The van der Waals surface area contributed by atoms with Gasteiger partial charge < -0.3 is 5.11 Å². The van der Waals surface area contributed by atoms with Gasteiger partial charge >= 0.3 is 0 Å². The van der Waals surface area contributed by atoms with Crippen LogP contribution in [0.25, 0.3) is 10.8 Å². The molecule has 0 radical (unpaired) electrons. The first-order chi connectivity index (χ1) is 9.15. The van der Waals surface area contributed by atoms with E-state index in [9.17, 15) is 5.11 Å². The summed E-state index contributed by atoms with van der Waals surface area (Å²) in [5.41, 5.74) is 1.23. The average molecular weight is 256 g/mol. The maximum Gasteiger partial charge on any atom is 0.0580 e. The monoisotopic (exact) mass is 256 g/mol. The molecule has 102 valence electrons. The van der Waals surface area contributed by atoms with E-state index in [0.29, 0.717) is 0 Å². The lowest BCUT2D eigenvalue weighted by atomic mass is 9.98. The van der Waals surface area contributed by atoms with E-state index in [0.717, 1.165) is 25.2 Å². The summed E-state index contributed by atoms with van der Waals surface area (Å²) < 4.78 is 0. The third-order valence-corrected chi connectivity index (χ3v) is 3.60. The van der Waals surface area contributed by atoms with Gasteiger partial charge in [0.1, 0.15) is 0 Å². The number of aliphatic hydroxyl groups is 1. The third-order valence-electron chi connectivity index (χ3n) is 3.60. The number of benzene rings is 2. The molecule has 2 aromatic rings. The van der Waals surface area contributed by atoms with Crippen LogP contribution in [0.2, 0.25) is 0 Å². The smallest absolute Gasteiger partial charge is 0.0580 e. The number of hydrogen-bond acceptors (Lipinski definition) is 1. The highest BCUT2D eigenvalue weighted by Crippen LogP contribution is 2.18. The van der Waals surface area contributed by atoms with Gasteiger partial charge in [-0.2, -0.15) is 0 Å². The van der Waals surface area contributed by atoms with Gasteiger partial charge in [0.25, 0.3) is 0 Å². The summed E-state index contributed by atoms with van der Waals surface area (Å²) in [7, 11) is 0. The van der Waals surface area contributed by atoms with Gasteiger partial charge in [-0.15, -0.1) is 0 Å². The largest absolute Gasteiger partial charge is 0.393 e. The molecule has 0 heterocycles. The summed E-state index contributed by atoms with van der Waals surface area (Å²) in [4.78, 5) is 0. The SMILES string of the molecule is CC(C)CCCC(O)Cc1ccc2ccccc2c1. The Morgan fingerprint density at radius 3 is 2.42 bits per heavy atom. The Kier molecular flexibility index (Phi) is 4.98. The molecule has 1 N–H and O–H groups in total. The molecule has 1 atom stereocenters. The van der Waals surface area contributed by atoms with Crippen molar-refractivity contribution < 1.29 is 5.11 Å². The van der Waals surface area contributed by atoms with E-state index in [1.54, 1.807) is 0 Å². The van der Waals surface area contributed by atoms with Crippen molar-refractivity contribution in [1.82, 2.24) is 0 Å². The van der Waals surface area contributed by atoms with E-state index in [-0.39, 0.29) is 6.10 Å². The molecule has 1 unspecified atom stereocenters. The van der Waals surface area contributed by atoms with Gasteiger partial charge in [-0.3, -0.25) is 0 Å². The molecule has 0 amide bonds. The van der Waals surface area contributed by atoms with E-state index >= 15 is 0 Å². The second-order valence-electron chi connectivity index (χ2n) is 5.86. The Hall–Kier alpha value is -1.34. The molecule has 2 rings (SSSR count). The predicted octanol–water partition coefficient (Wildman–Crippen LogP) is 4.57. The van der Waals surface area contributed by atoms with Crippen LogP contribution in [-0.4, -0.2) is 11.2 Å². The molecule has 0 aliphatic heterocycles. The van der Waals surface area contributed by atoms with Crippen molar-refractivity contribution in [2.24, 2.45) is 5.92 Å². The molecule has 0 aliphatic carbocycles. The van der Waals surface area contributed by atoms with Gasteiger partial charge in [0.15, 0.2) is 0 Å². The molecule has 1 nitrogen and oxygen atoms in total. The van der Waals surface area contributed by atoms with Crippen molar-refractivity contribution in [3.05, 3.63) is 48.0 Å². The first-order valence-electron chi connectivity index (χ1n) is 7.31. The Morgan fingerprint density at radius 1 is 0.947 bits per heavy atom. The highest BCUT2D eigenvalue weighted by Gasteiger charge is 2.06. The molecule has 1 heteroatoms. The molecule has 0 spiro atoms. The van der Waals surface area contributed by atoms with Crippen molar-refractivity contribution in [1.29, 1.82) is 0 Å². The van der Waals surface area contributed by atoms with E-state index in [4.69, 9.17) is 0 Å². The minimum Gasteiger partial charge on any atom is -0.393 e. The van der Waals surface area contributed by atoms with Gasteiger partial charge in [0, 0.05) is 0 Å². The number of hydrogen-bond donors (Lipinski definition) is 1. The quantitative estimate of drug-likeness (QED) is 0.802. The number of fused-ring (bicyclic) bond motifs is 1. The first-order valence-corrected chi connectivity index (χ1v) is 7.31. The summed E-state index contributed by atoms with van der Waals surface area (Å²) in [6.07, 6.45) is 3.79. The summed E-state index contributed by atoms with van der Waals surface area (Å²) in [6, 6.07) is 14.8. The van der Waals surface area contributed by atoms with Crippen molar-refractivity contribution in [2.45, 2.75) is 45.6 Å². The van der Waals surface area contributed by atoms with Gasteiger partial charge in [-0.05, 0) is 35.1 Å². The van der Waals surface area contributed by atoms with E-state index in [1.807, 2.05) is 0 Å². The highest BCUT2D eigenvalue weighted by molar-refractivity contribution is 5.82. The maximum atomic E-state index is 10.1. The van der Waals surface area contributed by atoms with Gasteiger partial charge in [-0.1, -0.05) is 69.2 Å². The second-order valence-corrected chi connectivity index (χ2v) is 5.86. The lowest BCUT2D eigenvalue weighted by Crippen LogP contribution is -2.10. The Bertz CT molecular complexity index is 516. The van der Waals surface area contributed by atoms with Crippen molar-refractivity contribution in [3.8, 4) is 0 Å². The predicted molar refractivity (Wildman–Crippen MR) is 82.3 cm³/mol. The number of aliphatic hydroxyl groups excluding tert-OH is 1. The standard InChI is InChI=1S/C18H24O/c1-14(2)6-5-9-18(19)13-15-10-11-16-7-3-4-8-17(16)12-15/h3-4,7-8,10-12,14,18-19H,5-6,9,13H2,1-2H3. The average Bonchev–Trinajstić information content (AvgIpc) is 2.38. The summed E-state index contributed by atoms with van der Waals surface area (Å²) >= 11 is 0. The Morgan fingerprint density at radius 2 is 1.68 bits per heavy atom. The van der Waals surface area contributed by atoms with Crippen LogP contribution >= 0.6 is 0 Å².